The molecule has 1 aromatic rings. The van der Waals surface area contributed by atoms with Gasteiger partial charge in [-0.25, -0.2) is 4.79 Å². The Balaban J connectivity index is 1.91. The van der Waals surface area contributed by atoms with E-state index < -0.39 is 4.92 Å². The van der Waals surface area contributed by atoms with E-state index in [4.69, 9.17) is 9.47 Å². The minimum atomic E-state index is -0.445. The highest BCUT2D eigenvalue weighted by molar-refractivity contribution is 5.81. The van der Waals surface area contributed by atoms with Crippen molar-refractivity contribution in [3.05, 3.63) is 76.0 Å². The number of esters is 1. The molecular formula is C23H27NO6. The average molecular weight is 413 g/mol. The maximum Gasteiger partial charge on any atom is 0.330 e. The number of carbonyl (C=O) groups is 1. The fraction of sp³-hybridized carbons (Fsp3) is 0.348. The summed E-state index contributed by atoms with van der Waals surface area (Å²) in [5.74, 6) is 1.14. The third-order valence-corrected chi connectivity index (χ3v) is 4.45. The Hall–Kier alpha value is -3.35. The summed E-state index contributed by atoms with van der Waals surface area (Å²) in [7, 11) is 1.35. The molecule has 1 aliphatic heterocycles. The number of nitro groups is 1. The zero-order valence-corrected chi connectivity index (χ0v) is 17.1. The summed E-state index contributed by atoms with van der Waals surface area (Å²) in [6.07, 6.45) is 16.9. The van der Waals surface area contributed by atoms with Crippen molar-refractivity contribution in [2.45, 2.75) is 38.5 Å². The van der Waals surface area contributed by atoms with Gasteiger partial charge in [-0.2, -0.15) is 0 Å². The number of benzene rings is 1. The monoisotopic (exact) mass is 413 g/mol. The van der Waals surface area contributed by atoms with Crippen LogP contribution in [-0.4, -0.2) is 24.8 Å². The van der Waals surface area contributed by atoms with Crippen molar-refractivity contribution in [1.82, 2.24) is 0 Å². The van der Waals surface area contributed by atoms with Crippen molar-refractivity contribution >= 4 is 12.0 Å². The number of rotatable bonds is 12. The number of hydrogen-bond donors (Lipinski definition) is 0. The molecule has 0 aromatic heterocycles. The van der Waals surface area contributed by atoms with Gasteiger partial charge in [0, 0.05) is 6.08 Å². The zero-order valence-electron chi connectivity index (χ0n) is 17.1. The average Bonchev–Trinajstić information content (AvgIpc) is 3.20. The van der Waals surface area contributed by atoms with Gasteiger partial charge in [-0.15, -0.1) is 0 Å². The first-order valence-corrected chi connectivity index (χ1v) is 9.89. The molecule has 0 amide bonds. The fourth-order valence-corrected chi connectivity index (χ4v) is 2.89. The maximum absolute atomic E-state index is 11.2. The largest absolute Gasteiger partial charge is 0.466 e. The molecule has 160 valence electrons. The number of ether oxygens (including phenoxy) is 3. The van der Waals surface area contributed by atoms with E-state index >= 15 is 0 Å². The summed E-state index contributed by atoms with van der Waals surface area (Å²) < 4.78 is 15.3. The van der Waals surface area contributed by atoms with E-state index in [1.54, 1.807) is 12.2 Å². The van der Waals surface area contributed by atoms with Crippen LogP contribution in [0.4, 0.5) is 0 Å². The van der Waals surface area contributed by atoms with E-state index in [0.717, 1.165) is 55.4 Å². The number of nitrogens with zero attached hydrogens (tertiary/aromatic N) is 1. The minimum absolute atomic E-state index is 0.252. The second-order valence-electron chi connectivity index (χ2n) is 6.68. The molecule has 0 radical (unpaired) electrons. The van der Waals surface area contributed by atoms with E-state index in [9.17, 15) is 14.9 Å². The standard InChI is InChI=1S/C23H27NO6/c1-28-23(25)13-6-5-10-19(9-4-2-3-7-16-24(26)27)11-8-12-20-14-15-21-22(17-20)30-18-29-21/h6-8,11-17H,2-5,9-10,18H2,1H3/b12-8+,13-6+,16-7+,19-11-. The summed E-state index contributed by atoms with van der Waals surface area (Å²) >= 11 is 0. The van der Waals surface area contributed by atoms with Crippen molar-refractivity contribution in [3.63, 3.8) is 0 Å². The molecule has 1 heterocycles. The lowest BCUT2D eigenvalue weighted by Crippen LogP contribution is -1.93. The molecule has 1 aromatic carbocycles. The minimum Gasteiger partial charge on any atom is -0.466 e. The zero-order chi connectivity index (χ0) is 21.6. The van der Waals surface area contributed by atoms with Crippen LogP contribution in [0.3, 0.4) is 0 Å². The van der Waals surface area contributed by atoms with Crippen molar-refractivity contribution in [3.8, 4) is 11.5 Å². The van der Waals surface area contributed by atoms with Gasteiger partial charge in [-0.3, -0.25) is 10.1 Å². The van der Waals surface area contributed by atoms with E-state index in [2.05, 4.69) is 10.8 Å². The lowest BCUT2D eigenvalue weighted by Gasteiger charge is -2.05. The topological polar surface area (TPSA) is 87.9 Å². The van der Waals surface area contributed by atoms with Crippen molar-refractivity contribution in [2.75, 3.05) is 13.9 Å². The van der Waals surface area contributed by atoms with E-state index in [1.807, 2.05) is 30.4 Å². The van der Waals surface area contributed by atoms with Crippen LogP contribution in [0.1, 0.15) is 44.1 Å². The maximum atomic E-state index is 11.2. The van der Waals surface area contributed by atoms with Crippen LogP contribution in [0.15, 0.2) is 60.4 Å². The first kappa shape index (κ1) is 22.9. The summed E-state index contributed by atoms with van der Waals surface area (Å²) in [5, 5.41) is 10.3. The van der Waals surface area contributed by atoms with Gasteiger partial charge in [0.05, 0.1) is 12.0 Å². The Morgan fingerprint density at radius 2 is 2.00 bits per heavy atom. The lowest BCUT2D eigenvalue weighted by molar-refractivity contribution is -0.402. The van der Waals surface area contributed by atoms with Crippen LogP contribution in [0.25, 0.3) is 6.08 Å². The van der Waals surface area contributed by atoms with Crippen LogP contribution in [-0.2, 0) is 9.53 Å². The molecule has 30 heavy (non-hydrogen) atoms. The second kappa shape index (κ2) is 13.0. The molecule has 7 nitrogen and oxygen atoms in total. The molecule has 0 bridgehead atoms. The van der Waals surface area contributed by atoms with Gasteiger partial charge >= 0.3 is 5.97 Å². The molecule has 0 atom stereocenters. The van der Waals surface area contributed by atoms with E-state index in [-0.39, 0.29) is 12.8 Å². The third kappa shape index (κ3) is 8.77. The molecule has 0 unspecified atom stereocenters. The second-order valence-corrected chi connectivity index (χ2v) is 6.68. The van der Waals surface area contributed by atoms with Gasteiger partial charge in [0.15, 0.2) is 11.5 Å². The Bertz CT molecular complexity index is 838. The molecule has 0 saturated carbocycles. The Morgan fingerprint density at radius 3 is 2.80 bits per heavy atom. The quantitative estimate of drug-likeness (QED) is 0.117. The van der Waals surface area contributed by atoms with Crippen LogP contribution < -0.4 is 9.47 Å². The summed E-state index contributed by atoms with van der Waals surface area (Å²) in [5.41, 5.74) is 2.27. The molecule has 7 heteroatoms. The Kier molecular flexibility index (Phi) is 9.92. The van der Waals surface area contributed by atoms with Crippen LogP contribution in [0, 0.1) is 10.1 Å². The number of unbranched alkanes of at least 4 members (excludes halogenated alkanes) is 2. The lowest BCUT2D eigenvalue weighted by atomic mass is 10.0. The Morgan fingerprint density at radius 1 is 1.17 bits per heavy atom. The number of carbonyl (C=O) groups excluding carboxylic acids is 1. The van der Waals surface area contributed by atoms with Crippen LogP contribution in [0.5, 0.6) is 11.5 Å². The predicted octanol–water partition coefficient (Wildman–Crippen LogP) is 5.22. The molecule has 1 aliphatic rings. The van der Waals surface area contributed by atoms with Gasteiger partial charge in [-0.1, -0.05) is 35.9 Å². The Labute approximate surface area is 176 Å². The highest BCUT2D eigenvalue weighted by Gasteiger charge is 2.11. The third-order valence-electron chi connectivity index (χ3n) is 4.45. The summed E-state index contributed by atoms with van der Waals surface area (Å²) in [6.45, 7) is 0.252. The molecule has 0 N–H and O–H groups in total. The van der Waals surface area contributed by atoms with Crippen molar-refractivity contribution < 1.29 is 23.9 Å². The number of fused-ring (bicyclic) bond motifs is 1. The summed E-state index contributed by atoms with van der Waals surface area (Å²) in [4.78, 5) is 21.0. The van der Waals surface area contributed by atoms with Crippen LogP contribution >= 0.6 is 0 Å². The van der Waals surface area contributed by atoms with E-state index in [0.29, 0.717) is 6.42 Å². The van der Waals surface area contributed by atoms with Gasteiger partial charge in [0.1, 0.15) is 0 Å². The van der Waals surface area contributed by atoms with Gasteiger partial charge in [0.2, 0.25) is 13.0 Å². The highest BCUT2D eigenvalue weighted by atomic mass is 16.7. The number of methoxy groups -OCH3 is 1. The van der Waals surface area contributed by atoms with Crippen molar-refractivity contribution in [1.29, 1.82) is 0 Å². The smallest absolute Gasteiger partial charge is 0.330 e. The molecular weight excluding hydrogens is 386 g/mol. The molecule has 0 spiro atoms. The van der Waals surface area contributed by atoms with Gasteiger partial charge in [-0.05, 0) is 62.3 Å². The molecule has 2 rings (SSSR count). The SMILES string of the molecule is COC(=O)/C=C/CC/C(=C\C=C\c1ccc2c(c1)OCO2)CCCC/C=C/[N+](=O)[O-]. The number of hydrogen-bond acceptors (Lipinski definition) is 6. The molecule has 0 fully saturated rings. The van der Waals surface area contributed by atoms with Gasteiger partial charge < -0.3 is 14.2 Å². The first-order valence-electron chi connectivity index (χ1n) is 9.89. The first-order chi connectivity index (χ1) is 14.6. The van der Waals surface area contributed by atoms with E-state index in [1.165, 1.54) is 18.8 Å². The number of allylic oxidation sites excluding steroid dienone is 5. The summed E-state index contributed by atoms with van der Waals surface area (Å²) in [6, 6.07) is 5.80. The molecule has 0 saturated heterocycles. The van der Waals surface area contributed by atoms with Gasteiger partial charge in [0.25, 0.3) is 0 Å². The predicted molar refractivity (Wildman–Crippen MR) is 115 cm³/mol. The van der Waals surface area contributed by atoms with Crippen LogP contribution in [0.2, 0.25) is 0 Å². The van der Waals surface area contributed by atoms with Crippen molar-refractivity contribution in [2.24, 2.45) is 0 Å². The molecule has 0 aliphatic carbocycles. The fourth-order valence-electron chi connectivity index (χ4n) is 2.89. The highest BCUT2D eigenvalue weighted by Crippen LogP contribution is 2.32. The normalized spacial score (nSPS) is 13.6.